The molecule has 3 heteroatoms. The van der Waals surface area contributed by atoms with E-state index in [0.717, 1.165) is 6.42 Å². The van der Waals surface area contributed by atoms with E-state index in [1.807, 2.05) is 13.8 Å². The molecule has 0 aliphatic carbocycles. The van der Waals surface area contributed by atoms with Crippen LogP contribution in [0.3, 0.4) is 0 Å². The molecule has 0 amide bonds. The molecule has 0 fully saturated rings. The second-order valence-electron chi connectivity index (χ2n) is 2.54. The summed E-state index contributed by atoms with van der Waals surface area (Å²) in [5, 5.41) is 0.0594. The number of esters is 1. The van der Waals surface area contributed by atoms with Crippen LogP contribution < -0.4 is 0 Å². The van der Waals surface area contributed by atoms with Crippen LogP contribution in [0.5, 0.6) is 0 Å². The standard InChI is InChI=1S/C8H15ClO2/c1-3-6-11-8(10)5-4-7(2)9/h7H,3-6H2,1-2H3. The van der Waals surface area contributed by atoms with Gasteiger partial charge >= 0.3 is 5.97 Å². The molecular weight excluding hydrogens is 164 g/mol. The molecule has 0 N–H and O–H groups in total. The summed E-state index contributed by atoms with van der Waals surface area (Å²) < 4.78 is 4.84. The van der Waals surface area contributed by atoms with Gasteiger partial charge < -0.3 is 4.74 Å². The molecule has 0 rings (SSSR count). The molecule has 0 spiro atoms. The van der Waals surface area contributed by atoms with Crippen LogP contribution in [0, 0.1) is 0 Å². The van der Waals surface area contributed by atoms with Crippen LogP contribution in [0.25, 0.3) is 0 Å². The lowest BCUT2D eigenvalue weighted by molar-refractivity contribution is -0.143. The van der Waals surface area contributed by atoms with Crippen molar-refractivity contribution < 1.29 is 9.53 Å². The van der Waals surface area contributed by atoms with E-state index >= 15 is 0 Å². The quantitative estimate of drug-likeness (QED) is 0.477. The van der Waals surface area contributed by atoms with Crippen LogP contribution in [0.2, 0.25) is 0 Å². The lowest BCUT2D eigenvalue weighted by Crippen LogP contribution is -2.06. The second-order valence-corrected chi connectivity index (χ2v) is 3.28. The monoisotopic (exact) mass is 178 g/mol. The zero-order valence-corrected chi connectivity index (χ0v) is 7.86. The first kappa shape index (κ1) is 10.8. The van der Waals surface area contributed by atoms with Gasteiger partial charge in [-0.05, 0) is 19.8 Å². The van der Waals surface area contributed by atoms with Crippen LogP contribution in [0.4, 0.5) is 0 Å². The predicted molar refractivity (Wildman–Crippen MR) is 45.8 cm³/mol. The maximum absolute atomic E-state index is 10.8. The fourth-order valence-corrected chi connectivity index (χ4v) is 0.714. The zero-order valence-electron chi connectivity index (χ0n) is 7.10. The highest BCUT2D eigenvalue weighted by Crippen LogP contribution is 2.04. The molecule has 0 bridgehead atoms. The Bertz CT molecular complexity index is 113. The summed E-state index contributed by atoms with van der Waals surface area (Å²) in [6.07, 6.45) is 2.01. The normalized spacial score (nSPS) is 12.6. The lowest BCUT2D eigenvalue weighted by Gasteiger charge is -2.03. The molecule has 0 aliphatic heterocycles. The molecule has 0 saturated heterocycles. The Morgan fingerprint density at radius 1 is 1.64 bits per heavy atom. The van der Waals surface area contributed by atoms with Gasteiger partial charge in [-0.3, -0.25) is 4.79 Å². The number of rotatable bonds is 5. The molecule has 1 atom stereocenters. The molecule has 0 aromatic carbocycles. The molecule has 0 saturated carbocycles. The Kier molecular flexibility index (Phi) is 6.33. The molecule has 2 nitrogen and oxygen atoms in total. The summed E-state index contributed by atoms with van der Waals surface area (Å²) >= 11 is 5.65. The average Bonchev–Trinajstić information content (AvgIpc) is 1.97. The van der Waals surface area contributed by atoms with Crippen molar-refractivity contribution >= 4 is 17.6 Å². The first-order chi connectivity index (χ1) is 5.16. The molecular formula is C8H15ClO2. The minimum atomic E-state index is -0.139. The van der Waals surface area contributed by atoms with Crippen LogP contribution in [-0.2, 0) is 9.53 Å². The van der Waals surface area contributed by atoms with Gasteiger partial charge in [0.25, 0.3) is 0 Å². The van der Waals surface area contributed by atoms with E-state index in [0.29, 0.717) is 19.4 Å². The highest BCUT2D eigenvalue weighted by molar-refractivity contribution is 6.20. The molecule has 1 unspecified atom stereocenters. The number of carbonyl (C=O) groups excluding carboxylic acids is 1. The number of hydrogen-bond donors (Lipinski definition) is 0. The number of carbonyl (C=O) groups is 1. The largest absolute Gasteiger partial charge is 0.466 e. The van der Waals surface area contributed by atoms with Crippen molar-refractivity contribution in [2.24, 2.45) is 0 Å². The summed E-state index contributed by atoms with van der Waals surface area (Å²) in [6, 6.07) is 0. The summed E-state index contributed by atoms with van der Waals surface area (Å²) in [5.41, 5.74) is 0. The fourth-order valence-electron chi connectivity index (χ4n) is 0.605. The van der Waals surface area contributed by atoms with Crippen molar-refractivity contribution in [1.29, 1.82) is 0 Å². The number of hydrogen-bond acceptors (Lipinski definition) is 2. The molecule has 11 heavy (non-hydrogen) atoms. The minimum absolute atomic E-state index is 0.0594. The van der Waals surface area contributed by atoms with Gasteiger partial charge in [-0.15, -0.1) is 11.6 Å². The summed E-state index contributed by atoms with van der Waals surface area (Å²) in [6.45, 7) is 4.36. The molecule has 0 aromatic heterocycles. The molecule has 0 heterocycles. The van der Waals surface area contributed by atoms with Crippen molar-refractivity contribution in [3.63, 3.8) is 0 Å². The zero-order chi connectivity index (χ0) is 8.69. The first-order valence-corrected chi connectivity index (χ1v) is 4.40. The molecule has 66 valence electrons. The van der Waals surface area contributed by atoms with E-state index in [-0.39, 0.29) is 11.3 Å². The first-order valence-electron chi connectivity index (χ1n) is 3.96. The Morgan fingerprint density at radius 3 is 2.73 bits per heavy atom. The van der Waals surface area contributed by atoms with Crippen LogP contribution in [0.1, 0.15) is 33.1 Å². The minimum Gasteiger partial charge on any atom is -0.466 e. The smallest absolute Gasteiger partial charge is 0.305 e. The molecule has 0 aromatic rings. The third-order valence-electron chi connectivity index (χ3n) is 1.21. The van der Waals surface area contributed by atoms with Crippen molar-refractivity contribution in [2.75, 3.05) is 6.61 Å². The Hall–Kier alpha value is -0.240. The Balaban J connectivity index is 3.23. The van der Waals surface area contributed by atoms with Gasteiger partial charge in [0.2, 0.25) is 0 Å². The van der Waals surface area contributed by atoms with Gasteiger partial charge in [-0.2, -0.15) is 0 Å². The summed E-state index contributed by atoms with van der Waals surface area (Å²) in [5.74, 6) is -0.139. The number of halogens is 1. The van der Waals surface area contributed by atoms with Gasteiger partial charge in [-0.25, -0.2) is 0 Å². The Labute approximate surface area is 72.9 Å². The van der Waals surface area contributed by atoms with E-state index in [9.17, 15) is 4.79 Å². The molecule has 0 radical (unpaired) electrons. The number of ether oxygens (including phenoxy) is 1. The maximum atomic E-state index is 10.8. The van der Waals surface area contributed by atoms with Crippen molar-refractivity contribution in [3.05, 3.63) is 0 Å². The van der Waals surface area contributed by atoms with E-state index in [1.165, 1.54) is 0 Å². The highest BCUT2D eigenvalue weighted by atomic mass is 35.5. The highest BCUT2D eigenvalue weighted by Gasteiger charge is 2.04. The second kappa shape index (κ2) is 6.47. The average molecular weight is 179 g/mol. The topological polar surface area (TPSA) is 26.3 Å². The van der Waals surface area contributed by atoms with Crippen LogP contribution in [-0.4, -0.2) is 18.0 Å². The van der Waals surface area contributed by atoms with Crippen LogP contribution >= 0.6 is 11.6 Å². The van der Waals surface area contributed by atoms with Gasteiger partial charge in [0.1, 0.15) is 0 Å². The van der Waals surface area contributed by atoms with E-state index in [1.54, 1.807) is 0 Å². The summed E-state index contributed by atoms with van der Waals surface area (Å²) in [7, 11) is 0. The van der Waals surface area contributed by atoms with Gasteiger partial charge in [0.05, 0.1) is 6.61 Å². The van der Waals surface area contributed by atoms with Gasteiger partial charge in [-0.1, -0.05) is 6.92 Å². The fraction of sp³-hybridized carbons (Fsp3) is 0.875. The van der Waals surface area contributed by atoms with Gasteiger partial charge in [0, 0.05) is 11.8 Å². The lowest BCUT2D eigenvalue weighted by atomic mass is 10.2. The van der Waals surface area contributed by atoms with Crippen LogP contribution in [0.15, 0.2) is 0 Å². The van der Waals surface area contributed by atoms with E-state index in [4.69, 9.17) is 16.3 Å². The third-order valence-corrected chi connectivity index (χ3v) is 1.43. The maximum Gasteiger partial charge on any atom is 0.305 e. The third kappa shape index (κ3) is 7.66. The van der Waals surface area contributed by atoms with Gasteiger partial charge in [0.15, 0.2) is 0 Å². The van der Waals surface area contributed by atoms with Crippen molar-refractivity contribution in [2.45, 2.75) is 38.5 Å². The van der Waals surface area contributed by atoms with E-state index in [2.05, 4.69) is 0 Å². The van der Waals surface area contributed by atoms with Crippen molar-refractivity contribution in [3.8, 4) is 0 Å². The van der Waals surface area contributed by atoms with E-state index < -0.39 is 0 Å². The van der Waals surface area contributed by atoms with Crippen molar-refractivity contribution in [1.82, 2.24) is 0 Å². The SMILES string of the molecule is CCCOC(=O)CCC(C)Cl. The summed E-state index contributed by atoms with van der Waals surface area (Å²) in [4.78, 5) is 10.8. The number of alkyl halides is 1. The molecule has 0 aliphatic rings. The predicted octanol–water partition coefficient (Wildman–Crippen LogP) is 2.35. The Morgan fingerprint density at radius 2 is 2.27 bits per heavy atom.